The van der Waals surface area contributed by atoms with Crippen LogP contribution in [0.3, 0.4) is 0 Å². The molecule has 1 heteroatoms. The van der Waals surface area contributed by atoms with Crippen LogP contribution in [0.15, 0.2) is 224 Å². The topological polar surface area (TPSA) is 3.24 Å². The van der Waals surface area contributed by atoms with Gasteiger partial charge in [0.05, 0.1) is 17.8 Å². The molecule has 10 aromatic rings. The van der Waals surface area contributed by atoms with E-state index in [4.69, 9.17) is 6.85 Å². The lowest BCUT2D eigenvalue weighted by Crippen LogP contribution is -2.09. The van der Waals surface area contributed by atoms with Crippen LogP contribution in [0.25, 0.3) is 76.8 Å². The Morgan fingerprint density at radius 2 is 0.873 bits per heavy atom. The lowest BCUT2D eigenvalue weighted by atomic mass is 9.89. The molecule has 0 heterocycles. The van der Waals surface area contributed by atoms with Crippen molar-refractivity contribution >= 4 is 49.4 Å². The molecule has 10 aromatic carbocycles. The maximum absolute atomic E-state index is 9.70. The predicted molar refractivity (Wildman–Crippen MR) is 235 cm³/mol. The molecular formula is C54H37N. The van der Waals surface area contributed by atoms with E-state index in [9.17, 15) is 11.0 Å². The van der Waals surface area contributed by atoms with Crippen molar-refractivity contribution in [2.75, 3.05) is 4.90 Å². The lowest BCUT2D eigenvalue weighted by Gasteiger charge is -2.26. The van der Waals surface area contributed by atoms with E-state index in [0.29, 0.717) is 10.9 Å². The first-order valence-electron chi connectivity index (χ1n) is 24.4. The summed E-state index contributed by atoms with van der Waals surface area (Å²) in [6.07, 6.45) is 0. The van der Waals surface area contributed by atoms with Crippen LogP contribution in [0.2, 0.25) is 0 Å². The maximum atomic E-state index is 9.70. The predicted octanol–water partition coefficient (Wildman–Crippen LogP) is 15.3. The van der Waals surface area contributed by atoms with E-state index in [1.54, 1.807) is 12.1 Å². The van der Waals surface area contributed by atoms with Crippen LogP contribution in [0.5, 0.6) is 0 Å². The summed E-state index contributed by atoms with van der Waals surface area (Å²) in [6.45, 7) is 0. The van der Waals surface area contributed by atoms with Crippen molar-refractivity contribution in [3.63, 3.8) is 0 Å². The van der Waals surface area contributed by atoms with E-state index < -0.39 is 95.4 Å². The van der Waals surface area contributed by atoms with Gasteiger partial charge in [-0.15, -0.1) is 0 Å². The minimum absolute atomic E-state index is 0.0292. The molecule has 0 atom stereocenters. The average molecular weight is 713 g/mol. The summed E-state index contributed by atoms with van der Waals surface area (Å²) in [6, 6.07) is 37.8. The molecule has 0 unspecified atom stereocenters. The zero-order chi connectivity index (χ0) is 47.9. The van der Waals surface area contributed by atoms with E-state index in [-0.39, 0.29) is 16.9 Å². The molecule has 0 saturated heterocycles. The number of benzene rings is 10. The Morgan fingerprint density at radius 3 is 1.58 bits per heavy atom. The number of fused-ring (bicyclic) bond motifs is 4. The highest BCUT2D eigenvalue weighted by Gasteiger charge is 2.17. The summed E-state index contributed by atoms with van der Waals surface area (Å²) in [5, 5.41) is 5.30. The van der Waals surface area contributed by atoms with Gasteiger partial charge in [-0.25, -0.2) is 0 Å². The van der Waals surface area contributed by atoms with Crippen molar-refractivity contribution in [3.05, 3.63) is 224 Å². The van der Waals surface area contributed by atoms with Crippen LogP contribution in [0.4, 0.5) is 17.1 Å². The molecule has 0 amide bonds. The molecule has 0 fully saturated rings. The van der Waals surface area contributed by atoms with E-state index in [0.717, 1.165) is 49.2 Å². The van der Waals surface area contributed by atoms with E-state index >= 15 is 0 Å². The first-order chi connectivity index (χ1) is 32.7. The van der Waals surface area contributed by atoms with Gasteiger partial charge in [-0.1, -0.05) is 182 Å². The van der Waals surface area contributed by atoms with Gasteiger partial charge in [-0.2, -0.15) is 0 Å². The maximum Gasteiger partial charge on any atom is 0.0645 e. The molecular weight excluding hydrogens is 663 g/mol. The zero-order valence-electron chi connectivity index (χ0n) is 42.3. The number of rotatable bonds is 7. The third-order valence-electron chi connectivity index (χ3n) is 9.89. The molecule has 0 aliphatic carbocycles. The normalized spacial score (nSPS) is 14.6. The molecule has 0 spiro atoms. The first kappa shape index (κ1) is 21.5. The summed E-state index contributed by atoms with van der Waals surface area (Å²) in [4.78, 5) is 1.19. The van der Waals surface area contributed by atoms with Gasteiger partial charge in [0, 0.05) is 17.1 Å². The average Bonchev–Trinajstić information content (AvgIpc) is 3.37. The van der Waals surface area contributed by atoms with Crippen molar-refractivity contribution < 1.29 is 17.8 Å². The third-order valence-corrected chi connectivity index (χ3v) is 9.89. The Hall–Kier alpha value is -7.22. The summed E-state index contributed by atoms with van der Waals surface area (Å²) >= 11 is 0. The molecule has 0 radical (unpaired) electrons. The fraction of sp³-hybridized carbons (Fsp3) is 0. The molecule has 10 rings (SSSR count). The highest BCUT2D eigenvalue weighted by molar-refractivity contribution is 6.14. The van der Waals surface area contributed by atoms with Crippen molar-refractivity contribution in [1.29, 1.82) is 0 Å². The largest absolute Gasteiger partial charge is 0.311 e. The van der Waals surface area contributed by atoms with Crippen molar-refractivity contribution in [2.24, 2.45) is 0 Å². The summed E-state index contributed by atoms with van der Waals surface area (Å²) < 4.78 is 118. The van der Waals surface area contributed by atoms with Crippen LogP contribution >= 0.6 is 0 Å². The van der Waals surface area contributed by atoms with Crippen molar-refractivity contribution in [2.45, 2.75) is 0 Å². The Labute approximate surface area is 340 Å². The lowest BCUT2D eigenvalue weighted by molar-refractivity contribution is 1.28. The fourth-order valence-corrected chi connectivity index (χ4v) is 7.32. The third kappa shape index (κ3) is 6.02. The summed E-state index contributed by atoms with van der Waals surface area (Å²) in [5.41, 5.74) is 2.45. The SMILES string of the molecule is [2H]c1c([2H])c([2H])c(-c2c([2H])c([2H])c(N(c3ccc(-c4c(-c5ccccc5)ccc5ccccc45)cc3)c3c([2H])c([2H])c(-c4cc5ccccc5c5ccccc45)c([2H])c3[2H])c([2H])c2[2H])c([2H])c1[2H]. The fourth-order valence-electron chi connectivity index (χ4n) is 7.32. The van der Waals surface area contributed by atoms with Crippen LogP contribution in [0, 0.1) is 0 Å². The monoisotopic (exact) mass is 712 g/mol. The molecule has 1 nitrogen and oxygen atoms in total. The van der Waals surface area contributed by atoms with Crippen LogP contribution in [-0.4, -0.2) is 0 Å². The van der Waals surface area contributed by atoms with Gasteiger partial charge in [-0.3, -0.25) is 0 Å². The second-order valence-electron chi connectivity index (χ2n) is 13.1. The van der Waals surface area contributed by atoms with Gasteiger partial charge in [0.25, 0.3) is 0 Å². The molecule has 258 valence electrons. The molecule has 0 aliphatic rings. The molecule has 0 saturated carbocycles. The van der Waals surface area contributed by atoms with Gasteiger partial charge in [0.2, 0.25) is 0 Å². The van der Waals surface area contributed by atoms with Gasteiger partial charge in [0.15, 0.2) is 0 Å². The van der Waals surface area contributed by atoms with Crippen LogP contribution in [0.1, 0.15) is 17.8 Å². The minimum Gasteiger partial charge on any atom is -0.311 e. The number of hydrogen-bond donors (Lipinski definition) is 0. The van der Waals surface area contributed by atoms with E-state index in [1.807, 2.05) is 121 Å². The Morgan fingerprint density at radius 1 is 0.309 bits per heavy atom. The second kappa shape index (κ2) is 14.0. The summed E-state index contributed by atoms with van der Waals surface area (Å²) in [7, 11) is 0. The molecule has 0 bridgehead atoms. The smallest absolute Gasteiger partial charge is 0.0645 e. The van der Waals surface area contributed by atoms with Crippen LogP contribution in [-0.2, 0) is 0 Å². The number of nitrogens with zero attached hydrogens (tertiary/aromatic N) is 1. The zero-order valence-corrected chi connectivity index (χ0v) is 29.3. The van der Waals surface area contributed by atoms with Gasteiger partial charge < -0.3 is 4.90 Å². The quantitative estimate of drug-likeness (QED) is 0.149. The molecule has 0 aliphatic heterocycles. The number of anilines is 3. The second-order valence-corrected chi connectivity index (χ2v) is 13.1. The standard InChI is InChI=1S/C54H37N/c1-3-13-38(14-4-1)39-23-30-45(31-24-39)55(46-32-25-42(26-33-46)53-37-44-18-8-9-19-48(44)51-21-11-12-22-52(51)53)47-34-27-43(28-35-47)54-49-20-10-7-17-41(49)29-36-50(54)40-15-5-2-6-16-40/h1-37H/i1D,3D,4D,13D,14D,23D,24D,25D,26D,30D,31D,32D,33D. The minimum atomic E-state index is -0.737. The molecule has 55 heavy (non-hydrogen) atoms. The van der Waals surface area contributed by atoms with E-state index in [2.05, 4.69) is 12.1 Å². The molecule has 0 aromatic heterocycles. The van der Waals surface area contributed by atoms with Crippen molar-refractivity contribution in [3.8, 4) is 44.5 Å². The van der Waals surface area contributed by atoms with Gasteiger partial charge >= 0.3 is 0 Å². The summed E-state index contributed by atoms with van der Waals surface area (Å²) in [5.74, 6) is 0. The first-order valence-corrected chi connectivity index (χ1v) is 17.9. The molecule has 0 N–H and O–H groups in total. The Kier molecular flexibility index (Phi) is 5.45. The number of hydrogen-bond acceptors (Lipinski definition) is 1. The highest BCUT2D eigenvalue weighted by atomic mass is 15.1. The van der Waals surface area contributed by atoms with E-state index in [1.165, 1.54) is 4.90 Å². The highest BCUT2D eigenvalue weighted by Crippen LogP contribution is 2.42. The van der Waals surface area contributed by atoms with Gasteiger partial charge in [-0.05, 0) is 119 Å². The Balaban J connectivity index is 1.25. The van der Waals surface area contributed by atoms with Crippen molar-refractivity contribution in [1.82, 2.24) is 0 Å². The van der Waals surface area contributed by atoms with Gasteiger partial charge in [0.1, 0.15) is 0 Å². The Bertz CT molecular complexity index is 3640. The van der Waals surface area contributed by atoms with Crippen LogP contribution < -0.4 is 4.90 Å².